The highest BCUT2D eigenvalue weighted by atomic mass is 32.2. The number of phenolic OH excluding ortho intramolecular Hbond substituents is 1. The highest BCUT2D eigenvalue weighted by Gasteiger charge is 2.17. The predicted octanol–water partition coefficient (Wildman–Crippen LogP) is 6.75. The Hall–Kier alpha value is -4.25. The summed E-state index contributed by atoms with van der Waals surface area (Å²) in [4.78, 5) is 12.1. The maximum atomic E-state index is 11.8. The molecule has 0 amide bonds. The van der Waals surface area contributed by atoms with Gasteiger partial charge in [-0.25, -0.2) is 10.1 Å². The van der Waals surface area contributed by atoms with Crippen molar-refractivity contribution in [1.82, 2.24) is 0 Å². The molecule has 0 unspecified atom stereocenters. The van der Waals surface area contributed by atoms with Crippen LogP contribution >= 0.6 is 12.0 Å². The van der Waals surface area contributed by atoms with E-state index in [9.17, 15) is 28.0 Å². The van der Waals surface area contributed by atoms with Gasteiger partial charge in [-0.15, -0.1) is 14.6 Å². The van der Waals surface area contributed by atoms with Crippen molar-refractivity contribution in [2.75, 3.05) is 0 Å². The Bertz CT molecular complexity index is 1670. The average Bonchev–Trinajstić information content (AvgIpc) is 2.90. The van der Waals surface area contributed by atoms with Crippen molar-refractivity contribution in [2.24, 2.45) is 20.5 Å². The van der Waals surface area contributed by atoms with E-state index < -0.39 is 21.8 Å². The number of nitrogens with zero attached hydrogens (tertiary/aromatic N) is 4. The zero-order valence-corrected chi connectivity index (χ0v) is 20.5. The topological polar surface area (TPSA) is 200 Å². The Morgan fingerprint density at radius 1 is 0.816 bits per heavy atom. The van der Waals surface area contributed by atoms with Crippen LogP contribution in [0, 0.1) is 0 Å². The van der Waals surface area contributed by atoms with E-state index in [4.69, 9.17) is 5.26 Å². The highest BCUT2D eigenvalue weighted by Crippen LogP contribution is 2.38. The van der Waals surface area contributed by atoms with E-state index in [-0.39, 0.29) is 38.3 Å². The number of hydrogen-bond acceptors (Lipinski definition) is 12. The van der Waals surface area contributed by atoms with Crippen LogP contribution in [0.5, 0.6) is 5.75 Å². The lowest BCUT2D eigenvalue weighted by molar-refractivity contribution is -0.432. The molecular formula is C23H16N4O9S2. The quantitative estimate of drug-likeness (QED) is 0.0561. The van der Waals surface area contributed by atoms with E-state index >= 15 is 0 Å². The summed E-state index contributed by atoms with van der Waals surface area (Å²) in [6, 6.07) is 17.2. The summed E-state index contributed by atoms with van der Waals surface area (Å²) in [6.45, 7) is 0. The number of rotatable bonds is 9. The second-order valence-electron chi connectivity index (χ2n) is 7.39. The van der Waals surface area contributed by atoms with Crippen molar-refractivity contribution in [2.45, 2.75) is 9.79 Å². The van der Waals surface area contributed by atoms with Gasteiger partial charge in [-0.2, -0.15) is 18.6 Å². The number of fused-ring (bicyclic) bond motifs is 1. The van der Waals surface area contributed by atoms with Gasteiger partial charge in [0.1, 0.15) is 16.3 Å². The lowest BCUT2D eigenvalue weighted by atomic mass is 10.1. The molecule has 13 nitrogen and oxygen atoms in total. The normalized spacial score (nSPS) is 12.1. The molecule has 0 radical (unpaired) electrons. The molecule has 0 heterocycles. The third-order valence-electron chi connectivity index (χ3n) is 5.00. The molecule has 38 heavy (non-hydrogen) atoms. The minimum Gasteiger partial charge on any atom is -0.505 e. The third-order valence-corrected chi connectivity index (χ3v) is 6.51. The zero-order chi connectivity index (χ0) is 27.3. The Kier molecular flexibility index (Phi) is 8.06. The Balaban J connectivity index is 1.60. The van der Waals surface area contributed by atoms with Crippen LogP contribution in [-0.4, -0.2) is 34.4 Å². The highest BCUT2D eigenvalue weighted by molar-refractivity contribution is 7.94. The fourth-order valence-corrected chi connectivity index (χ4v) is 4.36. The molecule has 4 aromatic rings. The summed E-state index contributed by atoms with van der Waals surface area (Å²) >= 11 is 0.777. The summed E-state index contributed by atoms with van der Waals surface area (Å²) in [7, 11) is -4.53. The molecule has 0 saturated heterocycles. The van der Waals surface area contributed by atoms with E-state index in [0.717, 1.165) is 12.0 Å². The fourth-order valence-electron chi connectivity index (χ4n) is 3.30. The van der Waals surface area contributed by atoms with Crippen LogP contribution in [0.4, 0.5) is 22.7 Å². The van der Waals surface area contributed by atoms with E-state index in [2.05, 4.69) is 29.8 Å². The SMILES string of the molecule is O=C(O)c1cc(N=Nc2ccc(SOOO)cc2)ccc1N=Nc1ccc2c(S(=O)(=O)O)cccc2c1O. The number of azo groups is 2. The number of carboxylic acids is 1. The molecule has 0 aliphatic rings. The van der Waals surface area contributed by atoms with Gasteiger partial charge in [-0.05, 0) is 54.6 Å². The van der Waals surface area contributed by atoms with E-state index in [1.165, 1.54) is 48.5 Å². The van der Waals surface area contributed by atoms with Crippen molar-refractivity contribution >= 4 is 61.7 Å². The van der Waals surface area contributed by atoms with Crippen molar-refractivity contribution in [1.29, 1.82) is 0 Å². The lowest BCUT2D eigenvalue weighted by Gasteiger charge is -2.07. The predicted molar refractivity (Wildman–Crippen MR) is 134 cm³/mol. The van der Waals surface area contributed by atoms with Gasteiger partial charge >= 0.3 is 5.97 Å². The molecule has 4 rings (SSSR count). The third kappa shape index (κ3) is 6.17. The van der Waals surface area contributed by atoms with Gasteiger partial charge in [0.15, 0.2) is 5.75 Å². The standard InChI is InChI=1S/C23H16N4O9S2/c28-22-17-2-1-3-21(38(32,33)34)16(17)9-11-20(22)27-26-19-10-6-14(12-18(19)23(29)30)25-24-13-4-7-15(8-5-13)37-36-35-31/h1-12,28,31H,(H,29,30)(H,32,33,34). The van der Waals surface area contributed by atoms with Gasteiger partial charge in [0.2, 0.25) is 0 Å². The summed E-state index contributed by atoms with van der Waals surface area (Å²) in [6.07, 6.45) is 0. The average molecular weight is 557 g/mol. The first-order valence-electron chi connectivity index (χ1n) is 10.3. The second-order valence-corrected chi connectivity index (χ2v) is 9.55. The summed E-state index contributed by atoms with van der Waals surface area (Å²) in [5, 5.41) is 48.0. The molecule has 0 spiro atoms. The molecule has 0 saturated carbocycles. The molecule has 0 bridgehead atoms. The largest absolute Gasteiger partial charge is 0.505 e. The van der Waals surface area contributed by atoms with Crippen LogP contribution in [0.1, 0.15) is 10.4 Å². The summed E-state index contributed by atoms with van der Waals surface area (Å²) in [5.41, 5.74) is 0.372. The number of carbonyl (C=O) groups is 1. The van der Waals surface area contributed by atoms with Crippen LogP contribution in [-0.2, 0) is 19.5 Å². The van der Waals surface area contributed by atoms with Crippen molar-refractivity contribution in [3.8, 4) is 5.75 Å². The van der Waals surface area contributed by atoms with Gasteiger partial charge in [0, 0.05) is 15.7 Å². The van der Waals surface area contributed by atoms with Crippen molar-refractivity contribution in [3.05, 3.63) is 78.4 Å². The van der Waals surface area contributed by atoms with Crippen LogP contribution < -0.4 is 0 Å². The first-order chi connectivity index (χ1) is 18.2. The second kappa shape index (κ2) is 11.4. The van der Waals surface area contributed by atoms with Crippen molar-refractivity contribution in [3.63, 3.8) is 0 Å². The Labute approximate surface area is 218 Å². The van der Waals surface area contributed by atoms with Crippen LogP contribution in [0.25, 0.3) is 10.8 Å². The molecule has 4 N–H and O–H groups in total. The summed E-state index contributed by atoms with van der Waals surface area (Å²) in [5.74, 6) is -1.71. The molecule has 194 valence electrons. The maximum absolute atomic E-state index is 11.8. The minimum absolute atomic E-state index is 0.0323. The minimum atomic E-state index is -4.53. The van der Waals surface area contributed by atoms with Crippen molar-refractivity contribution < 1.29 is 42.6 Å². The molecule has 0 aliphatic heterocycles. The monoisotopic (exact) mass is 556 g/mol. The van der Waals surface area contributed by atoms with E-state index in [1.54, 1.807) is 24.3 Å². The fraction of sp³-hybridized carbons (Fsp3) is 0. The van der Waals surface area contributed by atoms with E-state index in [0.29, 0.717) is 10.6 Å². The molecule has 0 atom stereocenters. The van der Waals surface area contributed by atoms with Gasteiger partial charge in [0.25, 0.3) is 10.1 Å². The Morgan fingerprint density at radius 2 is 1.47 bits per heavy atom. The molecule has 4 aromatic carbocycles. The zero-order valence-electron chi connectivity index (χ0n) is 18.9. The molecule has 0 fully saturated rings. The van der Waals surface area contributed by atoms with Crippen LogP contribution in [0.15, 0.2) is 103 Å². The molecular weight excluding hydrogens is 540 g/mol. The van der Waals surface area contributed by atoms with Gasteiger partial charge < -0.3 is 10.2 Å². The first kappa shape index (κ1) is 26.8. The number of hydrogen-bond donors (Lipinski definition) is 4. The number of aromatic hydroxyl groups is 1. The Morgan fingerprint density at radius 3 is 2.16 bits per heavy atom. The number of benzene rings is 4. The smallest absolute Gasteiger partial charge is 0.338 e. The summed E-state index contributed by atoms with van der Waals surface area (Å²) < 4.78 is 36.9. The van der Waals surface area contributed by atoms with Gasteiger partial charge in [-0.3, -0.25) is 4.55 Å². The first-order valence-corrected chi connectivity index (χ1v) is 12.5. The number of phenols is 1. The number of carboxylic acid groups (broad SMARTS) is 1. The molecule has 15 heteroatoms. The van der Waals surface area contributed by atoms with Gasteiger partial charge in [-0.1, -0.05) is 23.2 Å². The van der Waals surface area contributed by atoms with Crippen LogP contribution in [0.2, 0.25) is 0 Å². The number of aromatic carboxylic acids is 1. The van der Waals surface area contributed by atoms with E-state index in [1.807, 2.05) is 0 Å². The molecule has 0 aliphatic carbocycles. The maximum Gasteiger partial charge on any atom is 0.338 e. The lowest BCUT2D eigenvalue weighted by Crippen LogP contribution is -1.98. The van der Waals surface area contributed by atoms with Gasteiger partial charge in [0.05, 0.1) is 29.0 Å². The van der Waals surface area contributed by atoms with Crippen LogP contribution in [0.3, 0.4) is 0 Å². The molecule has 0 aromatic heterocycles.